The van der Waals surface area contributed by atoms with E-state index in [9.17, 15) is 4.79 Å². The fourth-order valence-electron chi connectivity index (χ4n) is 1.37. The van der Waals surface area contributed by atoms with Gasteiger partial charge in [0, 0.05) is 25.7 Å². The summed E-state index contributed by atoms with van der Waals surface area (Å²) in [5.74, 6) is -0.0730. The van der Waals surface area contributed by atoms with Crippen LogP contribution in [0.15, 0.2) is 24.3 Å². The fourth-order valence-corrected chi connectivity index (χ4v) is 1.37. The summed E-state index contributed by atoms with van der Waals surface area (Å²) in [6.07, 6.45) is 3.50. The highest BCUT2D eigenvalue weighted by molar-refractivity contribution is 5.94. The van der Waals surface area contributed by atoms with E-state index in [1.807, 2.05) is 6.08 Å². The summed E-state index contributed by atoms with van der Waals surface area (Å²) < 4.78 is 0. The molecule has 5 heteroatoms. The van der Waals surface area contributed by atoms with Crippen molar-refractivity contribution in [3.05, 3.63) is 24.3 Å². The number of hydrogen-bond acceptors (Lipinski definition) is 4. The fraction of sp³-hybridized carbons (Fsp3) is 0.500. The molecular weight excluding hydrogens is 194 g/mol. The molecule has 0 radical (unpaired) electrons. The Morgan fingerprint density at radius 1 is 1.87 bits per heavy atom. The topological polar surface area (TPSA) is 62.4 Å². The molecule has 1 atom stereocenters. The first kappa shape index (κ1) is 11.9. The van der Waals surface area contributed by atoms with Gasteiger partial charge < -0.3 is 10.6 Å². The van der Waals surface area contributed by atoms with Crippen molar-refractivity contribution in [3.63, 3.8) is 0 Å². The predicted molar refractivity (Wildman–Crippen MR) is 58.1 cm³/mol. The molecule has 0 aromatic carbocycles. The minimum atomic E-state index is -0.112. The van der Waals surface area contributed by atoms with E-state index >= 15 is 0 Å². The minimum absolute atomic E-state index is 0.0730. The second-order valence-corrected chi connectivity index (χ2v) is 3.17. The third-order valence-electron chi connectivity index (χ3n) is 2.11. The van der Waals surface area contributed by atoms with E-state index < -0.39 is 0 Å². The summed E-state index contributed by atoms with van der Waals surface area (Å²) in [4.78, 5) is 16.6. The average molecular weight is 211 g/mol. The van der Waals surface area contributed by atoms with Gasteiger partial charge in [0.15, 0.2) is 0 Å². The lowest BCUT2D eigenvalue weighted by Crippen LogP contribution is -2.47. The molecule has 0 spiro atoms. The van der Waals surface area contributed by atoms with Gasteiger partial charge in [-0.15, -0.1) is 6.58 Å². The molecule has 0 saturated carbocycles. The maximum absolute atomic E-state index is 11.5. The Labute approximate surface area is 89.5 Å². The van der Waals surface area contributed by atoms with E-state index in [0.29, 0.717) is 25.3 Å². The molecule has 0 aliphatic carbocycles. The van der Waals surface area contributed by atoms with Crippen molar-refractivity contribution in [2.45, 2.75) is 6.04 Å². The summed E-state index contributed by atoms with van der Waals surface area (Å²) in [6, 6.07) is -0.112. The number of hydrogen-bond donors (Lipinski definition) is 3. The third-order valence-corrected chi connectivity index (χ3v) is 2.11. The molecule has 3 N–H and O–H groups in total. The Bertz CT molecular complexity index is 263. The zero-order valence-corrected chi connectivity index (χ0v) is 8.88. The van der Waals surface area contributed by atoms with Gasteiger partial charge in [-0.3, -0.25) is 9.63 Å². The molecule has 1 heterocycles. The Morgan fingerprint density at radius 2 is 2.67 bits per heavy atom. The van der Waals surface area contributed by atoms with Crippen LogP contribution in [0.2, 0.25) is 0 Å². The van der Waals surface area contributed by atoms with Gasteiger partial charge in [0.25, 0.3) is 0 Å². The molecular formula is C10H17N3O2. The van der Waals surface area contributed by atoms with Crippen LogP contribution in [0.25, 0.3) is 0 Å². The number of amides is 1. The van der Waals surface area contributed by atoms with E-state index in [0.717, 1.165) is 0 Å². The standard InChI is InChI=1S/C10H17N3O2/c1-3-6-15-13-9-7-12-5-4-8(9)10(14)11-2/h3-4,9,12-13H,1,5-7H2,2H3,(H,11,14). The largest absolute Gasteiger partial charge is 0.355 e. The molecule has 0 saturated heterocycles. The lowest BCUT2D eigenvalue weighted by atomic mass is 10.0. The second kappa shape index (κ2) is 6.34. The first-order chi connectivity index (χ1) is 7.29. The van der Waals surface area contributed by atoms with Crippen LogP contribution in [0, 0.1) is 0 Å². The van der Waals surface area contributed by atoms with Gasteiger partial charge in [0.1, 0.15) is 0 Å². The molecule has 1 aliphatic heterocycles. The molecule has 1 amide bonds. The molecule has 1 aliphatic rings. The van der Waals surface area contributed by atoms with Gasteiger partial charge in [-0.2, -0.15) is 5.48 Å². The van der Waals surface area contributed by atoms with Gasteiger partial charge >= 0.3 is 0 Å². The third kappa shape index (κ3) is 3.47. The van der Waals surface area contributed by atoms with Crippen LogP contribution in [-0.4, -0.2) is 38.7 Å². The molecule has 0 aromatic heterocycles. The van der Waals surface area contributed by atoms with E-state index in [1.165, 1.54) is 0 Å². The molecule has 15 heavy (non-hydrogen) atoms. The first-order valence-corrected chi connectivity index (χ1v) is 4.90. The molecule has 1 rings (SSSR count). The molecule has 0 fully saturated rings. The van der Waals surface area contributed by atoms with Crippen LogP contribution in [-0.2, 0) is 9.63 Å². The minimum Gasteiger partial charge on any atom is -0.355 e. The van der Waals surface area contributed by atoms with E-state index in [2.05, 4.69) is 22.7 Å². The van der Waals surface area contributed by atoms with Crippen LogP contribution in [0.3, 0.4) is 0 Å². The van der Waals surface area contributed by atoms with Crippen LogP contribution in [0.1, 0.15) is 0 Å². The quantitative estimate of drug-likeness (QED) is 0.321. The van der Waals surface area contributed by atoms with E-state index in [-0.39, 0.29) is 11.9 Å². The number of hydroxylamine groups is 1. The normalized spacial score (nSPS) is 20.6. The van der Waals surface area contributed by atoms with Gasteiger partial charge in [0.2, 0.25) is 5.91 Å². The van der Waals surface area contributed by atoms with Crippen LogP contribution in [0.4, 0.5) is 0 Å². The van der Waals surface area contributed by atoms with Crippen LogP contribution < -0.4 is 16.1 Å². The van der Waals surface area contributed by atoms with Gasteiger partial charge in [-0.25, -0.2) is 0 Å². The van der Waals surface area contributed by atoms with Crippen molar-refractivity contribution < 1.29 is 9.63 Å². The molecule has 84 valence electrons. The number of carbonyl (C=O) groups excluding carboxylic acids is 1. The zero-order valence-electron chi connectivity index (χ0n) is 8.88. The lowest BCUT2D eigenvalue weighted by Gasteiger charge is -2.24. The Balaban J connectivity index is 2.52. The van der Waals surface area contributed by atoms with E-state index in [4.69, 9.17) is 4.84 Å². The predicted octanol–water partition coefficient (Wildman–Crippen LogP) is -0.662. The Kier molecular flexibility index (Phi) is 5.03. The van der Waals surface area contributed by atoms with Crippen molar-refractivity contribution in [2.24, 2.45) is 0 Å². The number of carbonyl (C=O) groups is 1. The Morgan fingerprint density at radius 3 is 3.33 bits per heavy atom. The highest BCUT2D eigenvalue weighted by atomic mass is 16.6. The van der Waals surface area contributed by atoms with Crippen LogP contribution >= 0.6 is 0 Å². The highest BCUT2D eigenvalue weighted by Crippen LogP contribution is 2.05. The summed E-state index contributed by atoms with van der Waals surface area (Å²) in [5.41, 5.74) is 3.53. The van der Waals surface area contributed by atoms with E-state index in [1.54, 1.807) is 13.1 Å². The average Bonchev–Trinajstić information content (AvgIpc) is 2.29. The van der Waals surface area contributed by atoms with Gasteiger partial charge in [-0.05, 0) is 0 Å². The number of likely N-dealkylation sites (N-methyl/N-ethyl adjacent to an activating group) is 1. The van der Waals surface area contributed by atoms with Crippen molar-refractivity contribution >= 4 is 5.91 Å². The second-order valence-electron chi connectivity index (χ2n) is 3.17. The van der Waals surface area contributed by atoms with Gasteiger partial charge in [-0.1, -0.05) is 12.2 Å². The Hall–Kier alpha value is -1.17. The molecule has 1 unspecified atom stereocenters. The molecule has 5 nitrogen and oxygen atoms in total. The van der Waals surface area contributed by atoms with Crippen molar-refractivity contribution in [1.29, 1.82) is 0 Å². The van der Waals surface area contributed by atoms with Gasteiger partial charge in [0.05, 0.1) is 12.6 Å². The SMILES string of the molecule is C=CCONC1CNCC=C1C(=O)NC. The summed E-state index contributed by atoms with van der Waals surface area (Å²) in [7, 11) is 1.62. The summed E-state index contributed by atoms with van der Waals surface area (Å²) in [5, 5.41) is 5.75. The number of nitrogens with one attached hydrogen (secondary N) is 3. The molecule has 0 bridgehead atoms. The highest BCUT2D eigenvalue weighted by Gasteiger charge is 2.22. The van der Waals surface area contributed by atoms with Crippen molar-refractivity contribution in [3.8, 4) is 0 Å². The monoisotopic (exact) mass is 211 g/mol. The molecule has 0 aromatic rings. The van der Waals surface area contributed by atoms with Crippen molar-refractivity contribution in [1.82, 2.24) is 16.1 Å². The smallest absolute Gasteiger partial charge is 0.248 e. The summed E-state index contributed by atoms with van der Waals surface area (Å²) >= 11 is 0. The zero-order chi connectivity index (χ0) is 11.1. The number of rotatable bonds is 5. The maximum atomic E-state index is 11.5. The van der Waals surface area contributed by atoms with Crippen LogP contribution in [0.5, 0.6) is 0 Å². The lowest BCUT2D eigenvalue weighted by molar-refractivity contribution is -0.117. The van der Waals surface area contributed by atoms with Crippen molar-refractivity contribution in [2.75, 3.05) is 26.7 Å². The first-order valence-electron chi connectivity index (χ1n) is 4.90. The maximum Gasteiger partial charge on any atom is 0.248 e. The summed E-state index contributed by atoms with van der Waals surface area (Å²) in [6.45, 7) is 5.34.